The second kappa shape index (κ2) is 5.29. The number of carbonyl (C=O) groups excluding carboxylic acids is 1. The van der Waals surface area contributed by atoms with E-state index < -0.39 is 29.2 Å². The van der Waals surface area contributed by atoms with E-state index in [2.05, 4.69) is 0 Å². The van der Waals surface area contributed by atoms with Gasteiger partial charge in [-0.2, -0.15) is 13.2 Å². The van der Waals surface area contributed by atoms with Crippen LogP contribution in [-0.2, 0) is 4.79 Å². The molecule has 1 aromatic rings. The van der Waals surface area contributed by atoms with Crippen LogP contribution in [0.5, 0.6) is 0 Å². The van der Waals surface area contributed by atoms with Crippen LogP contribution in [0.15, 0.2) is 18.2 Å². The molecule has 1 atom stereocenters. The van der Waals surface area contributed by atoms with Gasteiger partial charge >= 0.3 is 12.1 Å². The number of carboxylic acids is 1. The summed E-state index contributed by atoms with van der Waals surface area (Å²) in [6.07, 6.45) is -4.99. The Balaban J connectivity index is 3.16. The van der Waals surface area contributed by atoms with Crippen LogP contribution < -0.4 is 11.1 Å². The summed E-state index contributed by atoms with van der Waals surface area (Å²) in [6, 6.07) is 3.62. The average Bonchev–Trinajstić information content (AvgIpc) is 2.26. The van der Waals surface area contributed by atoms with Crippen LogP contribution in [0.1, 0.15) is 17.3 Å². The van der Waals surface area contributed by atoms with Crippen molar-refractivity contribution < 1.29 is 27.9 Å². The highest BCUT2D eigenvalue weighted by atomic mass is 35.5. The first-order chi connectivity index (χ1) is 8.98. The van der Waals surface area contributed by atoms with Crippen LogP contribution in [0.3, 0.4) is 0 Å². The third kappa shape index (κ3) is 3.02. The molecule has 110 valence electrons. The second-order valence-electron chi connectivity index (χ2n) is 4.12. The Morgan fingerprint density at radius 1 is 1.35 bits per heavy atom. The van der Waals surface area contributed by atoms with Crippen LogP contribution in [0.25, 0.3) is 0 Å². The smallest absolute Gasteiger partial charge is 0.415 e. The molecule has 0 aliphatic heterocycles. The van der Waals surface area contributed by atoms with Gasteiger partial charge < -0.3 is 16.2 Å². The summed E-state index contributed by atoms with van der Waals surface area (Å²) in [5.74, 6) is -3.08. The van der Waals surface area contributed by atoms with E-state index >= 15 is 0 Å². The van der Waals surface area contributed by atoms with Crippen LogP contribution in [0.4, 0.5) is 18.9 Å². The number of nitrogens with one attached hydrogen (secondary N) is 1. The van der Waals surface area contributed by atoms with Gasteiger partial charge in [0.05, 0.1) is 10.7 Å². The van der Waals surface area contributed by atoms with E-state index in [0.29, 0.717) is 6.92 Å². The number of anilines is 1. The number of nitrogens with two attached hydrogens (primary N) is 1. The van der Waals surface area contributed by atoms with Crippen molar-refractivity contribution in [3.63, 3.8) is 0 Å². The Labute approximate surface area is 116 Å². The topological polar surface area (TPSA) is 92.4 Å². The molecule has 1 unspecified atom stereocenters. The molecule has 0 bridgehead atoms. The molecule has 5 nitrogen and oxygen atoms in total. The highest BCUT2D eigenvalue weighted by molar-refractivity contribution is 6.34. The van der Waals surface area contributed by atoms with E-state index in [1.807, 2.05) is 5.32 Å². The van der Waals surface area contributed by atoms with Crippen molar-refractivity contribution in [2.75, 3.05) is 5.32 Å². The molecule has 4 N–H and O–H groups in total. The Kier molecular flexibility index (Phi) is 4.30. The van der Waals surface area contributed by atoms with Crippen molar-refractivity contribution in [2.45, 2.75) is 18.6 Å². The third-order valence-corrected chi connectivity index (χ3v) is 2.85. The van der Waals surface area contributed by atoms with Crippen molar-refractivity contribution in [1.82, 2.24) is 0 Å². The summed E-state index contributed by atoms with van der Waals surface area (Å²) in [4.78, 5) is 22.6. The number of rotatable bonds is 3. The highest BCUT2D eigenvalue weighted by Gasteiger charge is 2.54. The molecule has 0 aliphatic carbocycles. The third-order valence-electron chi connectivity index (χ3n) is 2.54. The maximum atomic E-state index is 12.6. The molecule has 0 aromatic heterocycles. The van der Waals surface area contributed by atoms with Gasteiger partial charge in [-0.3, -0.25) is 4.79 Å². The first kappa shape index (κ1) is 16.3. The maximum Gasteiger partial charge on any atom is 0.415 e. The van der Waals surface area contributed by atoms with E-state index in [1.165, 1.54) is 12.1 Å². The van der Waals surface area contributed by atoms with Crippen LogP contribution in [0, 0.1) is 0 Å². The number of alkyl halides is 3. The molecular weight excluding hydrogens is 301 g/mol. The first-order valence-corrected chi connectivity index (χ1v) is 5.55. The lowest BCUT2D eigenvalue weighted by Crippen LogP contribution is -2.59. The number of hydrogen-bond acceptors (Lipinski definition) is 3. The average molecular weight is 311 g/mol. The number of aromatic carboxylic acids is 1. The monoisotopic (exact) mass is 310 g/mol. The lowest BCUT2D eigenvalue weighted by Gasteiger charge is -2.26. The summed E-state index contributed by atoms with van der Waals surface area (Å²) < 4.78 is 37.8. The van der Waals surface area contributed by atoms with Crippen molar-refractivity contribution in [2.24, 2.45) is 5.73 Å². The van der Waals surface area contributed by atoms with Crippen LogP contribution >= 0.6 is 11.6 Å². The van der Waals surface area contributed by atoms with Gasteiger partial charge in [0.25, 0.3) is 5.91 Å². The van der Waals surface area contributed by atoms with Gasteiger partial charge in [0.15, 0.2) is 5.54 Å². The molecule has 0 aliphatic rings. The fraction of sp³-hybridized carbons (Fsp3) is 0.273. The summed E-state index contributed by atoms with van der Waals surface area (Å²) in [5.41, 5.74) is 0.892. The molecular formula is C11H10ClF3N2O3. The lowest BCUT2D eigenvalue weighted by atomic mass is 10.0. The summed E-state index contributed by atoms with van der Waals surface area (Å²) in [5, 5.41) is 10.5. The Morgan fingerprint density at radius 2 is 1.90 bits per heavy atom. The van der Waals surface area contributed by atoms with Crippen molar-refractivity contribution in [3.05, 3.63) is 28.8 Å². The molecule has 0 saturated carbocycles. The van der Waals surface area contributed by atoms with Crippen LogP contribution in [-0.4, -0.2) is 28.7 Å². The van der Waals surface area contributed by atoms with E-state index in [9.17, 15) is 22.8 Å². The van der Waals surface area contributed by atoms with Gasteiger partial charge in [0.2, 0.25) is 0 Å². The Hall–Kier alpha value is -1.80. The Morgan fingerprint density at radius 3 is 2.35 bits per heavy atom. The zero-order valence-corrected chi connectivity index (χ0v) is 10.8. The molecule has 0 heterocycles. The van der Waals surface area contributed by atoms with Gasteiger partial charge in [0, 0.05) is 0 Å². The predicted octanol–water partition coefficient (Wildman–Crippen LogP) is 2.26. The molecule has 0 radical (unpaired) electrons. The number of hydrogen-bond donors (Lipinski definition) is 3. The molecule has 20 heavy (non-hydrogen) atoms. The van der Waals surface area contributed by atoms with E-state index in [0.717, 1.165) is 6.07 Å². The predicted molar refractivity (Wildman–Crippen MR) is 65.7 cm³/mol. The largest absolute Gasteiger partial charge is 0.478 e. The molecule has 0 saturated heterocycles. The quantitative estimate of drug-likeness (QED) is 0.798. The number of carboxylic acid groups (broad SMARTS) is 1. The minimum atomic E-state index is -4.99. The van der Waals surface area contributed by atoms with Crippen molar-refractivity contribution >= 4 is 29.2 Å². The minimum absolute atomic E-state index is 0.221. The minimum Gasteiger partial charge on any atom is -0.478 e. The lowest BCUT2D eigenvalue weighted by molar-refractivity contribution is -0.184. The maximum absolute atomic E-state index is 12.6. The fourth-order valence-corrected chi connectivity index (χ4v) is 1.48. The zero-order chi connectivity index (χ0) is 15.7. The summed E-state index contributed by atoms with van der Waals surface area (Å²) in [7, 11) is 0. The molecule has 1 rings (SSSR count). The second-order valence-corrected chi connectivity index (χ2v) is 4.53. The van der Waals surface area contributed by atoms with Gasteiger partial charge in [-0.25, -0.2) is 4.79 Å². The van der Waals surface area contributed by atoms with Gasteiger partial charge in [-0.05, 0) is 19.1 Å². The zero-order valence-electron chi connectivity index (χ0n) is 10.1. The normalized spacial score (nSPS) is 14.5. The number of carbonyl (C=O) groups is 2. The molecule has 1 amide bonds. The fourth-order valence-electron chi connectivity index (χ4n) is 1.23. The van der Waals surface area contributed by atoms with Gasteiger partial charge in [-0.1, -0.05) is 17.7 Å². The Bertz CT molecular complexity index is 558. The summed E-state index contributed by atoms with van der Waals surface area (Å²) >= 11 is 5.63. The standard InChI is InChI=1S/C11H10ClF3N2O3/c1-10(16,11(13,14)15)9(20)17-6-4-2-3-5(12)7(6)8(18)19/h2-4H,16H2,1H3,(H,17,20)(H,18,19). The summed E-state index contributed by atoms with van der Waals surface area (Å²) in [6.45, 7) is 0.479. The number of amides is 1. The van der Waals surface area contributed by atoms with E-state index in [4.69, 9.17) is 22.4 Å². The number of benzene rings is 1. The molecule has 9 heteroatoms. The molecule has 0 spiro atoms. The van der Waals surface area contributed by atoms with E-state index in [1.54, 1.807) is 0 Å². The van der Waals surface area contributed by atoms with Crippen molar-refractivity contribution in [3.8, 4) is 0 Å². The number of halogens is 4. The van der Waals surface area contributed by atoms with Gasteiger partial charge in [-0.15, -0.1) is 0 Å². The molecule has 0 fully saturated rings. The first-order valence-electron chi connectivity index (χ1n) is 5.17. The SMILES string of the molecule is CC(N)(C(=O)Nc1cccc(Cl)c1C(=O)O)C(F)(F)F. The highest BCUT2D eigenvalue weighted by Crippen LogP contribution is 2.30. The molecule has 1 aromatic carbocycles. The van der Waals surface area contributed by atoms with Crippen molar-refractivity contribution in [1.29, 1.82) is 0 Å². The van der Waals surface area contributed by atoms with Gasteiger partial charge in [0.1, 0.15) is 5.56 Å². The van der Waals surface area contributed by atoms with Crippen LogP contribution in [0.2, 0.25) is 5.02 Å². The van der Waals surface area contributed by atoms with E-state index in [-0.39, 0.29) is 10.7 Å².